The zero-order chi connectivity index (χ0) is 17.5. The Morgan fingerprint density at radius 1 is 1.46 bits per heavy atom. The monoisotopic (exact) mass is 338 g/mol. The highest BCUT2D eigenvalue weighted by Gasteiger charge is 2.55. The van der Waals surface area contributed by atoms with Crippen molar-refractivity contribution in [2.45, 2.75) is 19.3 Å². The summed E-state index contributed by atoms with van der Waals surface area (Å²) in [4.78, 5) is 24.4. The Morgan fingerprint density at radius 2 is 2.21 bits per heavy atom. The normalized spacial score (nSPS) is 25.5. The average molecular weight is 338 g/mol. The van der Waals surface area contributed by atoms with Gasteiger partial charge in [0.2, 0.25) is 0 Å². The van der Waals surface area contributed by atoms with Crippen molar-refractivity contribution in [1.29, 1.82) is 0 Å². The van der Waals surface area contributed by atoms with Crippen LogP contribution in [0.4, 0.5) is 15.8 Å². The molecule has 24 heavy (non-hydrogen) atoms. The molecule has 130 valence electrons. The molecular formula is C16H19FN2O5. The van der Waals surface area contributed by atoms with Crippen molar-refractivity contribution < 1.29 is 23.6 Å². The van der Waals surface area contributed by atoms with E-state index in [-0.39, 0.29) is 23.3 Å². The lowest BCUT2D eigenvalue weighted by Crippen LogP contribution is -2.37. The van der Waals surface area contributed by atoms with E-state index in [0.717, 1.165) is 18.9 Å². The van der Waals surface area contributed by atoms with Gasteiger partial charge < -0.3 is 14.4 Å². The van der Waals surface area contributed by atoms with E-state index in [2.05, 4.69) is 0 Å². The second kappa shape index (κ2) is 5.92. The number of rotatable bonds is 4. The molecule has 2 atom stereocenters. The molecule has 0 radical (unpaired) electrons. The van der Waals surface area contributed by atoms with Crippen LogP contribution in [0, 0.1) is 27.3 Å². The number of nitrogens with zero attached hydrogens (tertiary/aromatic N) is 2. The second-order valence-corrected chi connectivity index (χ2v) is 6.35. The summed E-state index contributed by atoms with van der Waals surface area (Å²) < 4.78 is 24.4. The van der Waals surface area contributed by atoms with Crippen molar-refractivity contribution >= 4 is 17.3 Å². The van der Waals surface area contributed by atoms with Crippen LogP contribution in [0.3, 0.4) is 0 Å². The van der Waals surface area contributed by atoms with Crippen molar-refractivity contribution in [2.24, 2.45) is 11.3 Å². The predicted molar refractivity (Wildman–Crippen MR) is 83.6 cm³/mol. The SMILES string of the molecule is COC(=O)C12CCCC1CN(c1cc(OC)c([N+](=O)[O-])cc1F)C2. The first-order valence-electron chi connectivity index (χ1n) is 7.78. The molecule has 1 aliphatic heterocycles. The Kier molecular flexibility index (Phi) is 4.06. The highest BCUT2D eigenvalue weighted by Crippen LogP contribution is 2.51. The van der Waals surface area contributed by atoms with E-state index < -0.39 is 21.8 Å². The largest absolute Gasteiger partial charge is 0.490 e. The molecule has 1 aromatic carbocycles. The molecule has 2 aliphatic rings. The second-order valence-electron chi connectivity index (χ2n) is 6.35. The summed E-state index contributed by atoms with van der Waals surface area (Å²) in [6.45, 7) is 0.870. The number of ether oxygens (including phenoxy) is 2. The summed E-state index contributed by atoms with van der Waals surface area (Å²) >= 11 is 0. The third-order valence-electron chi connectivity index (χ3n) is 5.25. The van der Waals surface area contributed by atoms with Crippen LogP contribution < -0.4 is 9.64 Å². The summed E-state index contributed by atoms with van der Waals surface area (Å²) in [7, 11) is 2.67. The smallest absolute Gasteiger partial charge is 0.313 e. The number of hydrogen-bond donors (Lipinski definition) is 0. The molecule has 1 heterocycles. The van der Waals surface area contributed by atoms with Crippen molar-refractivity contribution in [2.75, 3.05) is 32.2 Å². The Balaban J connectivity index is 1.96. The molecule has 2 unspecified atom stereocenters. The van der Waals surface area contributed by atoms with Gasteiger partial charge in [-0.05, 0) is 18.8 Å². The van der Waals surface area contributed by atoms with Crippen molar-refractivity contribution in [3.63, 3.8) is 0 Å². The maximum atomic E-state index is 14.4. The predicted octanol–water partition coefficient (Wildman–Crippen LogP) is 2.52. The van der Waals surface area contributed by atoms with Gasteiger partial charge in [0, 0.05) is 19.2 Å². The van der Waals surface area contributed by atoms with Gasteiger partial charge in [0.05, 0.1) is 36.3 Å². The van der Waals surface area contributed by atoms with E-state index in [1.165, 1.54) is 20.3 Å². The van der Waals surface area contributed by atoms with E-state index in [0.29, 0.717) is 19.5 Å². The number of fused-ring (bicyclic) bond motifs is 1. The van der Waals surface area contributed by atoms with Crippen molar-refractivity contribution in [3.05, 3.63) is 28.1 Å². The number of anilines is 1. The molecule has 1 aromatic rings. The Morgan fingerprint density at radius 3 is 2.83 bits per heavy atom. The number of hydrogen-bond acceptors (Lipinski definition) is 6. The fourth-order valence-corrected chi connectivity index (χ4v) is 4.09. The van der Waals surface area contributed by atoms with Crippen LogP contribution in [-0.2, 0) is 9.53 Å². The van der Waals surface area contributed by atoms with Gasteiger partial charge in [-0.15, -0.1) is 0 Å². The quantitative estimate of drug-likeness (QED) is 0.477. The van der Waals surface area contributed by atoms with Gasteiger partial charge >= 0.3 is 11.7 Å². The molecule has 3 rings (SSSR count). The number of nitro benzene ring substituents is 1. The molecule has 0 amide bonds. The minimum absolute atomic E-state index is 0.000535. The lowest BCUT2D eigenvalue weighted by atomic mass is 9.81. The molecule has 1 saturated carbocycles. The summed E-state index contributed by atoms with van der Waals surface area (Å²) in [5.74, 6) is -0.851. The topological polar surface area (TPSA) is 81.9 Å². The lowest BCUT2D eigenvalue weighted by molar-refractivity contribution is -0.385. The van der Waals surface area contributed by atoms with E-state index >= 15 is 0 Å². The molecule has 0 spiro atoms. The van der Waals surface area contributed by atoms with E-state index in [9.17, 15) is 19.3 Å². The van der Waals surface area contributed by atoms with Crippen LogP contribution in [0.2, 0.25) is 0 Å². The molecular weight excluding hydrogens is 319 g/mol. The van der Waals surface area contributed by atoms with Gasteiger partial charge in [-0.1, -0.05) is 6.42 Å². The van der Waals surface area contributed by atoms with Gasteiger partial charge in [-0.2, -0.15) is 0 Å². The molecule has 2 fully saturated rings. The average Bonchev–Trinajstić information content (AvgIpc) is 3.11. The maximum Gasteiger partial charge on any atom is 0.313 e. The summed E-state index contributed by atoms with van der Waals surface area (Å²) in [6.07, 6.45) is 2.55. The zero-order valence-corrected chi connectivity index (χ0v) is 13.6. The Labute approximate surface area is 138 Å². The summed E-state index contributed by atoms with van der Waals surface area (Å²) in [5.41, 5.74) is -0.813. The van der Waals surface area contributed by atoms with Gasteiger partial charge in [-0.25, -0.2) is 4.39 Å². The fourth-order valence-electron chi connectivity index (χ4n) is 4.09. The van der Waals surface area contributed by atoms with Crippen molar-refractivity contribution in [3.8, 4) is 5.75 Å². The van der Waals surface area contributed by atoms with Crippen LogP contribution in [-0.4, -0.2) is 38.2 Å². The van der Waals surface area contributed by atoms with Gasteiger partial charge in [0.1, 0.15) is 0 Å². The van der Waals surface area contributed by atoms with Gasteiger partial charge in [-0.3, -0.25) is 14.9 Å². The van der Waals surface area contributed by atoms with Crippen LogP contribution in [0.5, 0.6) is 5.75 Å². The van der Waals surface area contributed by atoms with E-state index in [1.54, 1.807) is 4.90 Å². The van der Waals surface area contributed by atoms with Crippen LogP contribution in [0.25, 0.3) is 0 Å². The molecule has 0 aromatic heterocycles. The number of benzene rings is 1. The number of carbonyl (C=O) groups is 1. The summed E-state index contributed by atoms with van der Waals surface area (Å²) in [6, 6.07) is 2.20. The number of esters is 1. The molecule has 0 bridgehead atoms. The first-order chi connectivity index (χ1) is 11.4. The van der Waals surface area contributed by atoms with Gasteiger partial charge in [0.15, 0.2) is 11.6 Å². The molecule has 1 saturated heterocycles. The number of carbonyl (C=O) groups excluding carboxylic acids is 1. The van der Waals surface area contributed by atoms with Gasteiger partial charge in [0.25, 0.3) is 0 Å². The fraction of sp³-hybridized carbons (Fsp3) is 0.562. The third kappa shape index (κ3) is 2.37. The highest BCUT2D eigenvalue weighted by molar-refractivity contribution is 5.80. The van der Waals surface area contributed by atoms with E-state index in [1.807, 2.05) is 0 Å². The zero-order valence-electron chi connectivity index (χ0n) is 13.6. The maximum absolute atomic E-state index is 14.4. The number of methoxy groups -OCH3 is 2. The first-order valence-corrected chi connectivity index (χ1v) is 7.78. The first kappa shape index (κ1) is 16.5. The third-order valence-corrected chi connectivity index (χ3v) is 5.25. The lowest BCUT2D eigenvalue weighted by Gasteiger charge is -2.26. The standard InChI is InChI=1S/C16H19FN2O5/c1-23-14-7-12(11(17)6-13(14)19(21)22)18-8-10-4-3-5-16(10,9-18)15(20)24-2/h6-7,10H,3-5,8-9H2,1-2H3. The molecule has 0 N–H and O–H groups in total. The van der Waals surface area contributed by atoms with E-state index in [4.69, 9.17) is 9.47 Å². The van der Waals surface area contributed by atoms with Crippen LogP contribution in [0.15, 0.2) is 12.1 Å². The molecule has 8 heteroatoms. The minimum Gasteiger partial charge on any atom is -0.490 e. The number of nitro groups is 1. The van der Waals surface area contributed by atoms with Crippen LogP contribution in [0.1, 0.15) is 19.3 Å². The summed E-state index contributed by atoms with van der Waals surface area (Å²) in [5, 5.41) is 11.0. The highest BCUT2D eigenvalue weighted by atomic mass is 19.1. The van der Waals surface area contributed by atoms with Crippen molar-refractivity contribution in [1.82, 2.24) is 0 Å². The Hall–Kier alpha value is -2.38. The Bertz CT molecular complexity index is 695. The number of halogens is 1. The minimum atomic E-state index is -0.692. The van der Waals surface area contributed by atoms with Crippen LogP contribution >= 0.6 is 0 Å². The molecule has 7 nitrogen and oxygen atoms in total. The molecule has 1 aliphatic carbocycles.